The second kappa shape index (κ2) is 5.44. The van der Waals surface area contributed by atoms with Crippen molar-refractivity contribution in [1.29, 1.82) is 0 Å². The van der Waals surface area contributed by atoms with E-state index in [0.717, 1.165) is 36.3 Å². The summed E-state index contributed by atoms with van der Waals surface area (Å²) in [6, 6.07) is 8.18. The van der Waals surface area contributed by atoms with E-state index in [0.29, 0.717) is 0 Å². The smallest absolute Gasteiger partial charge is 0.269 e. The molecule has 0 N–H and O–H groups in total. The molecule has 0 fully saturated rings. The summed E-state index contributed by atoms with van der Waals surface area (Å²) in [5.41, 5.74) is 1.62. The van der Waals surface area contributed by atoms with E-state index in [1.54, 1.807) is 12.1 Å². The Morgan fingerprint density at radius 1 is 1.33 bits per heavy atom. The number of hydrogen-bond acceptors (Lipinski definition) is 4. The van der Waals surface area contributed by atoms with Gasteiger partial charge in [0.2, 0.25) is 0 Å². The highest BCUT2D eigenvalue weighted by molar-refractivity contribution is 5.60. The standard InChI is InChI=1S/C13H14N2O3/c1-2-3-4-12-9-13(14-18-12)10-5-7-11(8-6-10)15(16)17/h5-9H,2-4H2,1H3. The monoisotopic (exact) mass is 246 g/mol. The van der Waals surface area contributed by atoms with Crippen molar-refractivity contribution in [2.24, 2.45) is 0 Å². The molecule has 0 aliphatic heterocycles. The van der Waals surface area contributed by atoms with Crippen LogP contribution in [0, 0.1) is 10.1 Å². The highest BCUT2D eigenvalue weighted by atomic mass is 16.6. The summed E-state index contributed by atoms with van der Waals surface area (Å²) < 4.78 is 5.21. The molecule has 5 nitrogen and oxygen atoms in total. The van der Waals surface area contributed by atoms with Crippen molar-refractivity contribution < 1.29 is 9.45 Å². The largest absolute Gasteiger partial charge is 0.361 e. The van der Waals surface area contributed by atoms with Crippen molar-refractivity contribution in [2.75, 3.05) is 0 Å². The highest BCUT2D eigenvalue weighted by Crippen LogP contribution is 2.22. The molecule has 5 heteroatoms. The molecule has 1 aromatic heterocycles. The van der Waals surface area contributed by atoms with E-state index in [1.165, 1.54) is 12.1 Å². The van der Waals surface area contributed by atoms with Crippen LogP contribution < -0.4 is 0 Å². The maximum absolute atomic E-state index is 10.5. The van der Waals surface area contributed by atoms with Crippen molar-refractivity contribution in [1.82, 2.24) is 5.16 Å². The summed E-state index contributed by atoms with van der Waals surface area (Å²) in [5.74, 6) is 0.852. The van der Waals surface area contributed by atoms with E-state index in [1.807, 2.05) is 6.07 Å². The second-order valence-electron chi connectivity index (χ2n) is 4.09. The maximum atomic E-state index is 10.5. The van der Waals surface area contributed by atoms with E-state index in [-0.39, 0.29) is 5.69 Å². The molecule has 94 valence electrons. The molecule has 0 unspecified atom stereocenters. The van der Waals surface area contributed by atoms with Gasteiger partial charge in [0.05, 0.1) is 4.92 Å². The number of hydrogen-bond donors (Lipinski definition) is 0. The molecule has 0 radical (unpaired) electrons. The fourth-order valence-electron chi connectivity index (χ4n) is 1.67. The average molecular weight is 246 g/mol. The van der Waals surface area contributed by atoms with Crippen molar-refractivity contribution >= 4 is 5.69 Å². The number of non-ortho nitro benzene ring substituents is 1. The van der Waals surface area contributed by atoms with Crippen LogP contribution in [0.5, 0.6) is 0 Å². The van der Waals surface area contributed by atoms with Crippen LogP contribution in [0.1, 0.15) is 25.5 Å². The molecule has 2 aromatic rings. The lowest BCUT2D eigenvalue weighted by molar-refractivity contribution is -0.384. The second-order valence-corrected chi connectivity index (χ2v) is 4.09. The molecule has 0 saturated heterocycles. The van der Waals surface area contributed by atoms with Gasteiger partial charge in [0, 0.05) is 30.2 Å². The van der Waals surface area contributed by atoms with Gasteiger partial charge in [-0.05, 0) is 18.6 Å². The van der Waals surface area contributed by atoms with E-state index in [9.17, 15) is 10.1 Å². The first kappa shape index (κ1) is 12.3. The highest BCUT2D eigenvalue weighted by Gasteiger charge is 2.09. The average Bonchev–Trinajstić information content (AvgIpc) is 2.85. The predicted octanol–water partition coefficient (Wildman–Crippen LogP) is 3.59. The predicted molar refractivity (Wildman–Crippen MR) is 67.2 cm³/mol. The van der Waals surface area contributed by atoms with Crippen LogP contribution >= 0.6 is 0 Å². The van der Waals surface area contributed by atoms with Crippen LogP contribution in [-0.2, 0) is 6.42 Å². The number of aromatic nitrogens is 1. The summed E-state index contributed by atoms with van der Waals surface area (Å²) in [5, 5.41) is 14.5. The van der Waals surface area contributed by atoms with E-state index >= 15 is 0 Å². The van der Waals surface area contributed by atoms with Crippen LogP contribution in [0.15, 0.2) is 34.9 Å². The van der Waals surface area contributed by atoms with Gasteiger partial charge < -0.3 is 4.52 Å². The Hall–Kier alpha value is -2.17. The minimum absolute atomic E-state index is 0.0773. The maximum Gasteiger partial charge on any atom is 0.269 e. The van der Waals surface area contributed by atoms with Crippen LogP contribution in [0.25, 0.3) is 11.3 Å². The van der Waals surface area contributed by atoms with Gasteiger partial charge in [-0.2, -0.15) is 0 Å². The van der Waals surface area contributed by atoms with Gasteiger partial charge in [0.15, 0.2) is 0 Å². The van der Waals surface area contributed by atoms with Crippen molar-refractivity contribution in [3.63, 3.8) is 0 Å². The Bertz CT molecular complexity index is 531. The topological polar surface area (TPSA) is 69.2 Å². The third kappa shape index (κ3) is 2.74. The van der Waals surface area contributed by atoms with Gasteiger partial charge in [-0.1, -0.05) is 18.5 Å². The van der Waals surface area contributed by atoms with Crippen molar-refractivity contribution in [3.05, 3.63) is 46.2 Å². The quantitative estimate of drug-likeness (QED) is 0.597. The molecule has 2 rings (SSSR count). The van der Waals surface area contributed by atoms with E-state index in [4.69, 9.17) is 4.52 Å². The fourth-order valence-corrected chi connectivity index (χ4v) is 1.67. The first-order chi connectivity index (χ1) is 8.70. The van der Waals surface area contributed by atoms with Gasteiger partial charge in [-0.3, -0.25) is 10.1 Å². The Kier molecular flexibility index (Phi) is 3.72. The molecule has 1 aromatic carbocycles. The summed E-state index contributed by atoms with van der Waals surface area (Å²) in [6.07, 6.45) is 3.04. The van der Waals surface area contributed by atoms with Gasteiger partial charge in [-0.25, -0.2) is 0 Å². The zero-order valence-corrected chi connectivity index (χ0v) is 10.1. The minimum Gasteiger partial charge on any atom is -0.361 e. The van der Waals surface area contributed by atoms with Crippen LogP contribution in [-0.4, -0.2) is 10.1 Å². The molecule has 0 atom stereocenters. The molecule has 18 heavy (non-hydrogen) atoms. The van der Waals surface area contributed by atoms with Crippen molar-refractivity contribution in [3.8, 4) is 11.3 Å². The fraction of sp³-hybridized carbons (Fsp3) is 0.308. The molecular formula is C13H14N2O3. The lowest BCUT2D eigenvalue weighted by Gasteiger charge is -1.94. The lowest BCUT2D eigenvalue weighted by atomic mass is 10.1. The number of aryl methyl sites for hydroxylation is 1. The van der Waals surface area contributed by atoms with Crippen molar-refractivity contribution in [2.45, 2.75) is 26.2 Å². The van der Waals surface area contributed by atoms with Crippen LogP contribution in [0.2, 0.25) is 0 Å². The third-order valence-electron chi connectivity index (χ3n) is 2.71. The molecule has 1 heterocycles. The Labute approximate surface area is 105 Å². The molecule has 0 aliphatic rings. The number of unbranched alkanes of at least 4 members (excludes halogenated alkanes) is 1. The van der Waals surface area contributed by atoms with Gasteiger partial charge in [-0.15, -0.1) is 0 Å². The SMILES string of the molecule is CCCCc1cc(-c2ccc([N+](=O)[O-])cc2)no1. The number of nitrogens with zero attached hydrogens (tertiary/aromatic N) is 2. The van der Waals surface area contributed by atoms with E-state index < -0.39 is 4.92 Å². The summed E-state index contributed by atoms with van der Waals surface area (Å²) in [4.78, 5) is 10.1. The van der Waals surface area contributed by atoms with Gasteiger partial charge in [0.25, 0.3) is 5.69 Å². The lowest BCUT2D eigenvalue weighted by Crippen LogP contribution is -1.87. The Balaban J connectivity index is 2.15. The zero-order valence-electron chi connectivity index (χ0n) is 10.1. The number of nitro groups is 1. The number of nitro benzene ring substituents is 1. The Morgan fingerprint density at radius 3 is 2.67 bits per heavy atom. The summed E-state index contributed by atoms with van der Waals surface area (Å²) in [7, 11) is 0. The van der Waals surface area contributed by atoms with Gasteiger partial charge in [0.1, 0.15) is 11.5 Å². The first-order valence-electron chi connectivity index (χ1n) is 5.91. The summed E-state index contributed by atoms with van der Waals surface area (Å²) in [6.45, 7) is 2.12. The minimum atomic E-state index is -0.417. The Morgan fingerprint density at radius 2 is 2.06 bits per heavy atom. The number of rotatable bonds is 5. The number of benzene rings is 1. The third-order valence-corrected chi connectivity index (χ3v) is 2.71. The van der Waals surface area contributed by atoms with E-state index in [2.05, 4.69) is 12.1 Å². The van der Waals surface area contributed by atoms with Crippen LogP contribution in [0.4, 0.5) is 5.69 Å². The first-order valence-corrected chi connectivity index (χ1v) is 5.91. The zero-order chi connectivity index (χ0) is 13.0. The molecule has 0 amide bonds. The normalized spacial score (nSPS) is 10.5. The molecule has 0 spiro atoms. The molecule has 0 aliphatic carbocycles. The van der Waals surface area contributed by atoms with Crippen LogP contribution in [0.3, 0.4) is 0 Å². The van der Waals surface area contributed by atoms with Gasteiger partial charge >= 0.3 is 0 Å². The molecule has 0 bridgehead atoms. The molecular weight excluding hydrogens is 232 g/mol. The summed E-state index contributed by atoms with van der Waals surface area (Å²) >= 11 is 0. The molecule has 0 saturated carbocycles.